The molecule has 1 aromatic carbocycles. The smallest absolute Gasteiger partial charge is 0.134 e. The maximum atomic E-state index is 5.88. The molecule has 1 N–H and O–H groups in total. The zero-order chi connectivity index (χ0) is 13.5. The Morgan fingerprint density at radius 1 is 1.26 bits per heavy atom. The third-order valence-electron chi connectivity index (χ3n) is 3.33. The number of unbranched alkanes of at least 4 members (excludes halogenated alkanes) is 2. The number of rotatable bonds is 7. The van der Waals surface area contributed by atoms with E-state index < -0.39 is 0 Å². The zero-order valence-electron chi connectivity index (χ0n) is 11.5. The van der Waals surface area contributed by atoms with E-state index in [9.17, 15) is 0 Å². The number of aryl methyl sites for hydroxylation is 1. The average molecular weight is 255 g/mol. The zero-order valence-corrected chi connectivity index (χ0v) is 11.5. The lowest BCUT2D eigenvalue weighted by Crippen LogP contribution is -2.15. The highest BCUT2D eigenvalue weighted by Crippen LogP contribution is 2.26. The molecule has 0 saturated carbocycles. The van der Waals surface area contributed by atoms with Crippen LogP contribution in [0.3, 0.4) is 0 Å². The maximum Gasteiger partial charge on any atom is 0.134 e. The molecule has 2 aromatic rings. The fraction of sp³-hybridized carbons (Fsp3) is 0.412. The van der Waals surface area contributed by atoms with E-state index in [4.69, 9.17) is 10.8 Å². The van der Waals surface area contributed by atoms with E-state index >= 15 is 0 Å². The van der Waals surface area contributed by atoms with Crippen molar-refractivity contribution in [2.45, 2.75) is 39.2 Å². The summed E-state index contributed by atoms with van der Waals surface area (Å²) in [6, 6.07) is 8.24. The van der Waals surface area contributed by atoms with Crippen molar-refractivity contribution >= 4 is 11.0 Å². The summed E-state index contributed by atoms with van der Waals surface area (Å²) in [5.74, 6) is 3.77. The van der Waals surface area contributed by atoms with Gasteiger partial charge in [0.1, 0.15) is 11.3 Å². The quantitative estimate of drug-likeness (QED) is 0.600. The van der Waals surface area contributed by atoms with Crippen LogP contribution in [0.25, 0.3) is 11.0 Å². The summed E-state index contributed by atoms with van der Waals surface area (Å²) in [5.41, 5.74) is 2.29. The molecular formula is C17H21NO. The minimum absolute atomic E-state index is 0.871. The summed E-state index contributed by atoms with van der Waals surface area (Å²) in [5, 5.41) is 4.72. The Bertz CT molecular complexity index is 562. The highest BCUT2D eigenvalue weighted by atomic mass is 16.3. The summed E-state index contributed by atoms with van der Waals surface area (Å²) in [6.07, 6.45) is 9.26. The number of hydrogen-bond donors (Lipinski definition) is 1. The molecule has 0 aliphatic carbocycles. The predicted octanol–water partition coefficient (Wildman–Crippen LogP) is 3.89. The summed E-state index contributed by atoms with van der Waals surface area (Å²) >= 11 is 0. The minimum atomic E-state index is 0.871. The first-order valence-corrected chi connectivity index (χ1v) is 7.00. The predicted molar refractivity (Wildman–Crippen MR) is 80.0 cm³/mol. The summed E-state index contributed by atoms with van der Waals surface area (Å²) in [7, 11) is 0. The number of benzene rings is 1. The highest BCUT2D eigenvalue weighted by molar-refractivity contribution is 5.82. The van der Waals surface area contributed by atoms with Gasteiger partial charge < -0.3 is 9.73 Å². The van der Waals surface area contributed by atoms with Gasteiger partial charge in [-0.05, 0) is 25.5 Å². The molecule has 2 rings (SSSR count). The second kappa shape index (κ2) is 7.01. The van der Waals surface area contributed by atoms with Gasteiger partial charge in [-0.3, -0.25) is 0 Å². The van der Waals surface area contributed by atoms with Crippen LogP contribution in [-0.4, -0.2) is 6.54 Å². The first kappa shape index (κ1) is 13.7. The number of hydrogen-bond acceptors (Lipinski definition) is 2. The van der Waals surface area contributed by atoms with Gasteiger partial charge in [-0.2, -0.15) is 0 Å². The fourth-order valence-corrected chi connectivity index (χ4v) is 2.32. The van der Waals surface area contributed by atoms with Crippen molar-refractivity contribution in [2.75, 3.05) is 6.54 Å². The normalized spacial score (nSPS) is 10.7. The van der Waals surface area contributed by atoms with Gasteiger partial charge in [0.2, 0.25) is 0 Å². The van der Waals surface area contributed by atoms with Gasteiger partial charge in [0.15, 0.2) is 0 Å². The molecule has 100 valence electrons. The van der Waals surface area contributed by atoms with E-state index in [1.165, 1.54) is 10.9 Å². The molecule has 1 aromatic heterocycles. The Labute approximate surface area is 115 Å². The molecule has 0 saturated heterocycles. The van der Waals surface area contributed by atoms with Gasteiger partial charge in [0.05, 0.1) is 0 Å². The number of fused-ring (bicyclic) bond motifs is 1. The summed E-state index contributed by atoms with van der Waals surface area (Å²) < 4.78 is 5.88. The fourth-order valence-electron chi connectivity index (χ4n) is 2.32. The van der Waals surface area contributed by atoms with Gasteiger partial charge in [0, 0.05) is 30.3 Å². The molecule has 19 heavy (non-hydrogen) atoms. The molecule has 0 aliphatic heterocycles. The Kier molecular flexibility index (Phi) is 5.06. The van der Waals surface area contributed by atoms with Gasteiger partial charge >= 0.3 is 0 Å². The van der Waals surface area contributed by atoms with Crippen molar-refractivity contribution in [2.24, 2.45) is 0 Å². The molecule has 0 unspecified atom stereocenters. The first-order chi connectivity index (χ1) is 9.36. The van der Waals surface area contributed by atoms with Crippen molar-refractivity contribution in [3.63, 3.8) is 0 Å². The van der Waals surface area contributed by atoms with Crippen molar-refractivity contribution in [3.8, 4) is 12.3 Å². The van der Waals surface area contributed by atoms with Crippen molar-refractivity contribution in [1.82, 2.24) is 5.32 Å². The molecule has 0 amide bonds. The third kappa shape index (κ3) is 3.39. The molecular weight excluding hydrogens is 234 g/mol. The molecule has 2 nitrogen and oxygen atoms in total. The third-order valence-corrected chi connectivity index (χ3v) is 3.33. The van der Waals surface area contributed by atoms with E-state index in [2.05, 4.69) is 30.3 Å². The number of para-hydroxylation sites is 1. The lowest BCUT2D eigenvalue weighted by Gasteiger charge is -2.04. The first-order valence-electron chi connectivity index (χ1n) is 7.00. The largest absolute Gasteiger partial charge is 0.461 e. The van der Waals surface area contributed by atoms with Gasteiger partial charge in [-0.15, -0.1) is 12.3 Å². The molecule has 0 spiro atoms. The molecule has 2 heteroatoms. The van der Waals surface area contributed by atoms with Crippen LogP contribution in [0.15, 0.2) is 28.7 Å². The van der Waals surface area contributed by atoms with E-state index in [-0.39, 0.29) is 0 Å². The van der Waals surface area contributed by atoms with Crippen LogP contribution in [-0.2, 0) is 13.0 Å². The minimum Gasteiger partial charge on any atom is -0.461 e. The van der Waals surface area contributed by atoms with Gasteiger partial charge in [0.25, 0.3) is 0 Å². The second-order valence-corrected chi connectivity index (χ2v) is 4.69. The molecule has 0 fully saturated rings. The lowest BCUT2D eigenvalue weighted by molar-refractivity contribution is 0.542. The molecule has 0 radical (unpaired) electrons. The monoisotopic (exact) mass is 255 g/mol. The molecule has 1 heterocycles. The van der Waals surface area contributed by atoms with Crippen LogP contribution in [0.2, 0.25) is 0 Å². The Morgan fingerprint density at radius 2 is 2.11 bits per heavy atom. The Morgan fingerprint density at radius 3 is 2.89 bits per heavy atom. The summed E-state index contributed by atoms with van der Waals surface area (Å²) in [6.45, 7) is 4.01. The number of furan rings is 1. The van der Waals surface area contributed by atoms with Crippen LogP contribution in [0.4, 0.5) is 0 Å². The molecule has 0 atom stereocenters. The number of nitrogens with one attached hydrogen (secondary N) is 1. The Balaban J connectivity index is 1.97. The van der Waals surface area contributed by atoms with Gasteiger partial charge in [-0.1, -0.05) is 25.1 Å². The SMILES string of the molecule is C#CCCCCNCc1c(CC)oc2ccccc12. The van der Waals surface area contributed by atoms with Crippen molar-refractivity contribution in [1.29, 1.82) is 0 Å². The topological polar surface area (TPSA) is 25.2 Å². The van der Waals surface area contributed by atoms with Crippen LogP contribution < -0.4 is 5.32 Å². The van der Waals surface area contributed by atoms with Crippen LogP contribution in [0.5, 0.6) is 0 Å². The van der Waals surface area contributed by atoms with Crippen LogP contribution in [0.1, 0.15) is 37.5 Å². The van der Waals surface area contributed by atoms with Crippen molar-refractivity contribution in [3.05, 3.63) is 35.6 Å². The highest BCUT2D eigenvalue weighted by Gasteiger charge is 2.11. The van der Waals surface area contributed by atoms with E-state index in [1.807, 2.05) is 12.1 Å². The standard InChI is InChI=1S/C17H21NO/c1-3-5-6-9-12-18-13-15-14-10-7-8-11-17(14)19-16(15)4-2/h1,7-8,10-11,18H,4-6,9,12-13H2,2H3. The van der Waals surface area contributed by atoms with Gasteiger partial charge in [-0.25, -0.2) is 0 Å². The molecule has 0 aliphatic rings. The van der Waals surface area contributed by atoms with Crippen molar-refractivity contribution < 1.29 is 4.42 Å². The lowest BCUT2D eigenvalue weighted by atomic mass is 10.1. The maximum absolute atomic E-state index is 5.88. The second-order valence-electron chi connectivity index (χ2n) is 4.69. The average Bonchev–Trinajstić information content (AvgIpc) is 2.81. The van der Waals surface area contributed by atoms with E-state index in [0.29, 0.717) is 0 Å². The van der Waals surface area contributed by atoms with Crippen LogP contribution >= 0.6 is 0 Å². The Hall–Kier alpha value is -1.72. The number of terminal acetylenes is 1. The summed E-state index contributed by atoms with van der Waals surface area (Å²) in [4.78, 5) is 0. The van der Waals surface area contributed by atoms with E-state index in [0.717, 1.165) is 50.1 Å². The molecule has 0 bridgehead atoms. The van der Waals surface area contributed by atoms with Crippen LogP contribution in [0, 0.1) is 12.3 Å². The van der Waals surface area contributed by atoms with E-state index in [1.54, 1.807) is 0 Å².